The molecule has 0 saturated carbocycles. The summed E-state index contributed by atoms with van der Waals surface area (Å²) >= 11 is 0. The molecule has 0 unspecified atom stereocenters. The lowest BCUT2D eigenvalue weighted by Gasteiger charge is -2.32. The number of hydrogen-bond acceptors (Lipinski definition) is 6. The average molecular weight is 434 g/mol. The van der Waals surface area contributed by atoms with Gasteiger partial charge >= 0.3 is 6.09 Å². The summed E-state index contributed by atoms with van der Waals surface area (Å²) in [7, 11) is 3.43. The molecule has 3 rings (SSSR count). The van der Waals surface area contributed by atoms with Gasteiger partial charge in [-0.25, -0.2) is 9.79 Å². The Balaban J connectivity index is 1.60. The number of likely N-dealkylation sites (N-methyl/N-ethyl adjacent to an activating group) is 1. The lowest BCUT2D eigenvalue weighted by Crippen LogP contribution is -2.51. The molecule has 2 aliphatic heterocycles. The van der Waals surface area contributed by atoms with Crippen molar-refractivity contribution in [3.05, 3.63) is 23.8 Å². The third-order valence-corrected chi connectivity index (χ3v) is 5.12. The summed E-state index contributed by atoms with van der Waals surface area (Å²) in [5.74, 6) is 1.95. The predicted octanol–water partition coefficient (Wildman–Crippen LogP) is 1.16. The van der Waals surface area contributed by atoms with Gasteiger partial charge in [0.2, 0.25) is 12.7 Å². The minimum absolute atomic E-state index is 0.0466. The smallest absolute Gasteiger partial charge is 0.409 e. The largest absolute Gasteiger partial charge is 0.454 e. The van der Waals surface area contributed by atoms with Gasteiger partial charge in [-0.3, -0.25) is 4.79 Å². The first-order valence-corrected chi connectivity index (χ1v) is 10.5. The van der Waals surface area contributed by atoms with E-state index < -0.39 is 0 Å². The summed E-state index contributed by atoms with van der Waals surface area (Å²) < 4.78 is 15.8. The van der Waals surface area contributed by atoms with Crippen LogP contribution in [0.3, 0.4) is 0 Å². The number of amides is 2. The highest BCUT2D eigenvalue weighted by Gasteiger charge is 2.24. The molecule has 0 aromatic heterocycles. The molecule has 31 heavy (non-hydrogen) atoms. The first kappa shape index (κ1) is 22.5. The molecular weight excluding hydrogens is 402 g/mol. The number of hydrogen-bond donors (Lipinski definition) is 2. The van der Waals surface area contributed by atoms with Gasteiger partial charge in [-0.05, 0) is 37.5 Å². The van der Waals surface area contributed by atoms with E-state index in [1.165, 1.54) is 4.90 Å². The summed E-state index contributed by atoms with van der Waals surface area (Å²) in [6.45, 7) is 4.19. The zero-order valence-corrected chi connectivity index (χ0v) is 18.3. The molecule has 2 heterocycles. The fourth-order valence-electron chi connectivity index (χ4n) is 3.29. The molecule has 0 atom stereocenters. The van der Waals surface area contributed by atoms with E-state index in [-0.39, 0.29) is 31.4 Å². The second-order valence-electron chi connectivity index (χ2n) is 7.60. The highest BCUT2D eigenvalue weighted by molar-refractivity contribution is 5.86. The maximum Gasteiger partial charge on any atom is 0.409 e. The van der Waals surface area contributed by atoms with Gasteiger partial charge in [-0.1, -0.05) is 6.07 Å². The number of likely N-dealkylation sites (tertiary alicyclic amines) is 1. The molecular formula is C21H31N5O5. The van der Waals surface area contributed by atoms with Crippen molar-refractivity contribution in [3.63, 3.8) is 0 Å². The van der Waals surface area contributed by atoms with E-state index in [1.807, 2.05) is 18.2 Å². The van der Waals surface area contributed by atoms with Crippen LogP contribution in [-0.2, 0) is 16.1 Å². The highest BCUT2D eigenvalue weighted by atomic mass is 16.7. The van der Waals surface area contributed by atoms with Crippen molar-refractivity contribution in [1.29, 1.82) is 0 Å². The molecule has 2 aliphatic rings. The number of fused-ring (bicyclic) bond motifs is 1. The van der Waals surface area contributed by atoms with E-state index >= 15 is 0 Å². The van der Waals surface area contributed by atoms with Crippen LogP contribution in [0, 0.1) is 0 Å². The lowest BCUT2D eigenvalue weighted by molar-refractivity contribution is -0.127. The van der Waals surface area contributed by atoms with Crippen LogP contribution in [0.15, 0.2) is 23.2 Å². The Morgan fingerprint density at radius 2 is 1.97 bits per heavy atom. The summed E-state index contributed by atoms with van der Waals surface area (Å²) in [6, 6.07) is 5.86. The molecule has 170 valence electrons. The van der Waals surface area contributed by atoms with Gasteiger partial charge in [-0.2, -0.15) is 0 Å². The molecule has 10 heteroatoms. The van der Waals surface area contributed by atoms with Gasteiger partial charge in [0.25, 0.3) is 0 Å². The summed E-state index contributed by atoms with van der Waals surface area (Å²) in [5, 5.41) is 6.51. The van der Waals surface area contributed by atoms with Crippen molar-refractivity contribution in [2.45, 2.75) is 32.4 Å². The zero-order valence-electron chi connectivity index (χ0n) is 18.3. The molecule has 0 aliphatic carbocycles. The fourth-order valence-corrected chi connectivity index (χ4v) is 3.29. The van der Waals surface area contributed by atoms with Crippen LogP contribution >= 0.6 is 0 Å². The predicted molar refractivity (Wildman–Crippen MR) is 115 cm³/mol. The van der Waals surface area contributed by atoms with Crippen LogP contribution in [0.1, 0.15) is 25.3 Å². The van der Waals surface area contributed by atoms with E-state index in [4.69, 9.17) is 14.2 Å². The Morgan fingerprint density at radius 1 is 1.23 bits per heavy atom. The van der Waals surface area contributed by atoms with Crippen molar-refractivity contribution < 1.29 is 23.8 Å². The summed E-state index contributed by atoms with van der Waals surface area (Å²) in [5.41, 5.74) is 0.974. The molecule has 0 spiro atoms. The van der Waals surface area contributed by atoms with Crippen molar-refractivity contribution in [2.24, 2.45) is 4.99 Å². The zero-order chi connectivity index (χ0) is 22.2. The monoisotopic (exact) mass is 433 g/mol. The normalized spacial score (nSPS) is 16.1. The molecule has 1 aromatic carbocycles. The Morgan fingerprint density at radius 3 is 2.68 bits per heavy atom. The number of aliphatic imine (C=N–C) groups is 1. The maximum atomic E-state index is 12.0. The summed E-state index contributed by atoms with van der Waals surface area (Å²) in [4.78, 5) is 31.8. The lowest BCUT2D eigenvalue weighted by atomic mass is 10.1. The average Bonchev–Trinajstić information content (AvgIpc) is 3.23. The van der Waals surface area contributed by atoms with Crippen molar-refractivity contribution in [1.82, 2.24) is 20.4 Å². The number of nitrogens with zero attached hydrogens (tertiary/aromatic N) is 3. The van der Waals surface area contributed by atoms with Gasteiger partial charge in [0, 0.05) is 33.2 Å². The molecule has 0 bridgehead atoms. The third kappa shape index (κ3) is 6.40. The molecule has 0 radical (unpaired) electrons. The second kappa shape index (κ2) is 10.7. The molecule has 1 fully saturated rings. The number of guanidine groups is 1. The van der Waals surface area contributed by atoms with Crippen LogP contribution < -0.4 is 20.1 Å². The molecule has 1 aromatic rings. The van der Waals surface area contributed by atoms with E-state index in [0.717, 1.165) is 24.2 Å². The first-order valence-electron chi connectivity index (χ1n) is 10.5. The highest BCUT2D eigenvalue weighted by Crippen LogP contribution is 2.32. The third-order valence-electron chi connectivity index (χ3n) is 5.12. The van der Waals surface area contributed by atoms with Gasteiger partial charge in [0.1, 0.15) is 0 Å². The van der Waals surface area contributed by atoms with Crippen molar-refractivity contribution >= 4 is 18.0 Å². The van der Waals surface area contributed by atoms with Crippen LogP contribution in [0.2, 0.25) is 0 Å². The summed E-state index contributed by atoms with van der Waals surface area (Å²) in [6.07, 6.45) is 1.27. The van der Waals surface area contributed by atoms with Crippen molar-refractivity contribution in [2.75, 3.05) is 47.1 Å². The maximum absolute atomic E-state index is 12.0. The number of nitrogens with one attached hydrogen (secondary N) is 2. The number of carbonyl (C=O) groups is 2. The SMILES string of the molecule is CCOC(=O)N1CCC(NC(=NCc2ccc3c(c2)OCO3)NCC(=O)N(C)C)CC1. The van der Waals surface area contributed by atoms with Gasteiger partial charge in [0.05, 0.1) is 19.7 Å². The number of benzene rings is 1. The fraction of sp³-hybridized carbons (Fsp3) is 0.571. The molecule has 2 N–H and O–H groups in total. The Bertz CT molecular complexity index is 805. The number of carbonyl (C=O) groups excluding carboxylic acids is 2. The number of ether oxygens (including phenoxy) is 3. The topological polar surface area (TPSA) is 105 Å². The van der Waals surface area contributed by atoms with E-state index in [0.29, 0.717) is 38.0 Å². The number of piperidine rings is 1. The van der Waals surface area contributed by atoms with Gasteiger partial charge in [0.15, 0.2) is 17.5 Å². The van der Waals surface area contributed by atoms with E-state index in [9.17, 15) is 9.59 Å². The Hall–Kier alpha value is -3.17. The molecule has 2 amide bonds. The quantitative estimate of drug-likeness (QED) is 0.512. The van der Waals surface area contributed by atoms with E-state index in [1.54, 1.807) is 25.9 Å². The second-order valence-corrected chi connectivity index (χ2v) is 7.60. The molecule has 10 nitrogen and oxygen atoms in total. The Kier molecular flexibility index (Phi) is 7.80. The number of rotatable bonds is 6. The first-order chi connectivity index (χ1) is 15.0. The molecule has 1 saturated heterocycles. The van der Waals surface area contributed by atoms with Crippen LogP contribution in [0.4, 0.5) is 4.79 Å². The van der Waals surface area contributed by atoms with Gasteiger partial charge in [-0.15, -0.1) is 0 Å². The van der Waals surface area contributed by atoms with E-state index in [2.05, 4.69) is 15.6 Å². The standard InChI is InChI=1S/C21H31N5O5/c1-4-29-21(28)26-9-7-16(8-10-26)24-20(23-13-19(27)25(2)3)22-12-15-5-6-17-18(11-15)31-14-30-17/h5-6,11,16H,4,7-10,12-14H2,1-3H3,(H2,22,23,24). The Labute approximate surface area is 182 Å². The van der Waals surface area contributed by atoms with Crippen LogP contribution in [0.25, 0.3) is 0 Å². The minimum Gasteiger partial charge on any atom is -0.454 e. The minimum atomic E-state index is -0.271. The van der Waals surface area contributed by atoms with Gasteiger partial charge < -0.3 is 34.6 Å². The van der Waals surface area contributed by atoms with Crippen LogP contribution in [-0.4, -0.2) is 80.9 Å². The van der Waals surface area contributed by atoms with Crippen molar-refractivity contribution in [3.8, 4) is 11.5 Å². The van der Waals surface area contributed by atoms with Crippen LogP contribution in [0.5, 0.6) is 11.5 Å².